The zero-order valence-corrected chi connectivity index (χ0v) is 13.0. The summed E-state index contributed by atoms with van der Waals surface area (Å²) < 4.78 is 0.788. The van der Waals surface area contributed by atoms with Crippen LogP contribution in [0.1, 0.15) is 15.9 Å². The molecule has 3 N–H and O–H groups in total. The molecule has 0 atom stereocenters. The van der Waals surface area contributed by atoms with Crippen LogP contribution in [0.2, 0.25) is 0 Å². The van der Waals surface area contributed by atoms with Gasteiger partial charge in [-0.1, -0.05) is 23.5 Å². The third kappa shape index (κ3) is 3.00. The van der Waals surface area contributed by atoms with Gasteiger partial charge in [0.1, 0.15) is 5.75 Å². The van der Waals surface area contributed by atoms with Gasteiger partial charge in [-0.05, 0) is 36.8 Å². The molecule has 0 unspecified atom stereocenters. The second-order valence-electron chi connectivity index (χ2n) is 4.89. The van der Waals surface area contributed by atoms with Crippen LogP contribution < -0.4 is 10.6 Å². The summed E-state index contributed by atoms with van der Waals surface area (Å²) in [6.07, 6.45) is 0.562. The number of thiazole rings is 1. The minimum atomic E-state index is -0.324. The molecule has 23 heavy (non-hydrogen) atoms. The van der Waals surface area contributed by atoms with E-state index in [1.807, 2.05) is 0 Å². The predicted octanol–water partition coefficient (Wildman–Crippen LogP) is 3.13. The van der Waals surface area contributed by atoms with Crippen molar-refractivity contribution >= 4 is 44.7 Å². The number of anilines is 2. The summed E-state index contributed by atoms with van der Waals surface area (Å²) in [5, 5.41) is 15.5. The van der Waals surface area contributed by atoms with Crippen LogP contribution in [0.4, 0.5) is 10.8 Å². The summed E-state index contributed by atoms with van der Waals surface area (Å²) in [6.45, 7) is 1.80. The van der Waals surface area contributed by atoms with Crippen LogP contribution in [-0.2, 0) is 4.79 Å². The zero-order chi connectivity index (χ0) is 16.4. The van der Waals surface area contributed by atoms with Gasteiger partial charge in [-0.25, -0.2) is 4.98 Å². The number of hydrogen-bond donors (Lipinski definition) is 3. The third-order valence-electron chi connectivity index (χ3n) is 3.32. The van der Waals surface area contributed by atoms with E-state index < -0.39 is 0 Å². The average Bonchev–Trinajstić information content (AvgIpc) is 2.92. The molecule has 2 aromatic carbocycles. The molecule has 0 bridgehead atoms. The number of hydrogen-bond acceptors (Lipinski definition) is 5. The molecule has 1 aromatic heterocycles. The highest BCUT2D eigenvalue weighted by Crippen LogP contribution is 2.29. The van der Waals surface area contributed by atoms with Crippen LogP contribution in [0.15, 0.2) is 36.4 Å². The van der Waals surface area contributed by atoms with E-state index in [0.717, 1.165) is 10.3 Å². The average molecular weight is 327 g/mol. The van der Waals surface area contributed by atoms with Crippen molar-refractivity contribution in [3.8, 4) is 5.75 Å². The Balaban J connectivity index is 1.90. The van der Waals surface area contributed by atoms with Gasteiger partial charge in [-0.3, -0.25) is 9.59 Å². The molecular weight excluding hydrogens is 314 g/mol. The SMILES string of the molecule is Cc1cccc(O)c1NC(=O)c1ccc2nc(NC=O)sc2c1. The number of amides is 2. The molecule has 2 amide bonds. The van der Waals surface area contributed by atoms with Crippen LogP contribution in [0.3, 0.4) is 0 Å². The lowest BCUT2D eigenvalue weighted by Gasteiger charge is -2.10. The molecule has 116 valence electrons. The van der Waals surface area contributed by atoms with E-state index in [4.69, 9.17) is 0 Å². The number of carbonyl (C=O) groups is 2. The van der Waals surface area contributed by atoms with Gasteiger partial charge in [0.25, 0.3) is 5.91 Å². The number of fused-ring (bicyclic) bond motifs is 1. The van der Waals surface area contributed by atoms with Gasteiger partial charge in [0.15, 0.2) is 5.13 Å². The van der Waals surface area contributed by atoms with Crippen molar-refractivity contribution in [3.05, 3.63) is 47.5 Å². The van der Waals surface area contributed by atoms with E-state index >= 15 is 0 Å². The molecule has 6 nitrogen and oxygen atoms in total. The fourth-order valence-corrected chi connectivity index (χ4v) is 3.04. The Morgan fingerprint density at radius 2 is 2.13 bits per heavy atom. The van der Waals surface area contributed by atoms with E-state index in [1.165, 1.54) is 17.4 Å². The minimum absolute atomic E-state index is 0.0229. The van der Waals surface area contributed by atoms with Gasteiger partial charge in [-0.2, -0.15) is 0 Å². The van der Waals surface area contributed by atoms with Crippen LogP contribution in [0.25, 0.3) is 10.2 Å². The molecular formula is C16H13N3O3S. The lowest BCUT2D eigenvalue weighted by Crippen LogP contribution is -2.12. The first-order valence-corrected chi connectivity index (χ1v) is 7.61. The van der Waals surface area contributed by atoms with E-state index in [9.17, 15) is 14.7 Å². The predicted molar refractivity (Wildman–Crippen MR) is 90.1 cm³/mol. The van der Waals surface area contributed by atoms with Gasteiger partial charge in [-0.15, -0.1) is 0 Å². The maximum absolute atomic E-state index is 12.4. The van der Waals surface area contributed by atoms with Crippen molar-refractivity contribution in [3.63, 3.8) is 0 Å². The van der Waals surface area contributed by atoms with Gasteiger partial charge in [0.2, 0.25) is 6.41 Å². The Bertz CT molecular complexity index is 884. The van der Waals surface area contributed by atoms with Gasteiger partial charge in [0, 0.05) is 5.56 Å². The minimum Gasteiger partial charge on any atom is -0.506 e. The highest BCUT2D eigenvalue weighted by Gasteiger charge is 2.13. The third-order valence-corrected chi connectivity index (χ3v) is 4.27. The van der Waals surface area contributed by atoms with Crippen molar-refractivity contribution < 1.29 is 14.7 Å². The number of carbonyl (C=O) groups excluding carboxylic acids is 2. The van der Waals surface area contributed by atoms with Crippen LogP contribution >= 0.6 is 11.3 Å². The second-order valence-corrected chi connectivity index (χ2v) is 5.92. The molecule has 3 rings (SSSR count). The number of para-hydroxylation sites is 1. The molecule has 1 heterocycles. The monoisotopic (exact) mass is 327 g/mol. The molecule has 0 aliphatic heterocycles. The van der Waals surface area contributed by atoms with Gasteiger partial charge >= 0.3 is 0 Å². The molecule has 0 radical (unpaired) electrons. The standard InChI is InChI=1S/C16H13N3O3S/c1-9-3-2-4-12(21)14(9)19-15(22)10-5-6-11-13(7-10)23-16(18-11)17-8-20/h2-8,21H,1H3,(H,19,22)(H,17,18,20). The Kier molecular flexibility index (Phi) is 3.94. The molecule has 0 fully saturated rings. The van der Waals surface area contributed by atoms with E-state index in [0.29, 0.717) is 28.3 Å². The summed E-state index contributed by atoms with van der Waals surface area (Å²) in [5.41, 5.74) is 2.32. The molecule has 7 heteroatoms. The summed E-state index contributed by atoms with van der Waals surface area (Å²) in [5.74, 6) is -0.301. The van der Waals surface area contributed by atoms with E-state index in [2.05, 4.69) is 15.6 Å². The lowest BCUT2D eigenvalue weighted by atomic mass is 10.1. The highest BCUT2D eigenvalue weighted by atomic mass is 32.1. The molecule has 0 saturated carbocycles. The zero-order valence-electron chi connectivity index (χ0n) is 12.2. The van der Waals surface area contributed by atoms with Crippen molar-refractivity contribution in [1.29, 1.82) is 0 Å². The summed E-state index contributed by atoms with van der Waals surface area (Å²) in [4.78, 5) is 27.1. The quantitative estimate of drug-likeness (QED) is 0.507. The van der Waals surface area contributed by atoms with Crippen LogP contribution in [0.5, 0.6) is 5.75 Å². The summed E-state index contributed by atoms with van der Waals surface area (Å²) in [7, 11) is 0. The Morgan fingerprint density at radius 3 is 2.87 bits per heavy atom. The number of aromatic hydroxyl groups is 1. The van der Waals surface area contributed by atoms with Crippen molar-refractivity contribution in [1.82, 2.24) is 4.98 Å². The number of phenols is 1. The van der Waals surface area contributed by atoms with Gasteiger partial charge < -0.3 is 15.7 Å². The molecule has 0 aliphatic carbocycles. The van der Waals surface area contributed by atoms with E-state index in [1.54, 1.807) is 37.3 Å². The fourth-order valence-electron chi connectivity index (χ4n) is 2.18. The molecule has 3 aromatic rings. The number of aromatic nitrogens is 1. The normalized spacial score (nSPS) is 10.5. The Hall–Kier alpha value is -2.93. The molecule has 0 spiro atoms. The number of nitrogens with one attached hydrogen (secondary N) is 2. The first-order chi connectivity index (χ1) is 11.1. The summed E-state index contributed by atoms with van der Waals surface area (Å²) >= 11 is 1.28. The van der Waals surface area contributed by atoms with Crippen molar-refractivity contribution in [2.24, 2.45) is 0 Å². The lowest BCUT2D eigenvalue weighted by molar-refractivity contribution is -0.105. The topological polar surface area (TPSA) is 91.3 Å². The Labute approximate surface area is 135 Å². The van der Waals surface area contributed by atoms with E-state index in [-0.39, 0.29) is 11.7 Å². The number of rotatable bonds is 4. The smallest absolute Gasteiger partial charge is 0.255 e. The second kappa shape index (κ2) is 6.05. The number of aryl methyl sites for hydroxylation is 1. The number of benzene rings is 2. The van der Waals surface area contributed by atoms with Crippen LogP contribution in [-0.4, -0.2) is 22.4 Å². The molecule has 0 aliphatic rings. The summed E-state index contributed by atoms with van der Waals surface area (Å²) in [6, 6.07) is 10.1. The fraction of sp³-hybridized carbons (Fsp3) is 0.0625. The van der Waals surface area contributed by atoms with Crippen molar-refractivity contribution in [2.45, 2.75) is 6.92 Å². The maximum atomic E-state index is 12.4. The highest BCUT2D eigenvalue weighted by molar-refractivity contribution is 7.22. The Morgan fingerprint density at radius 1 is 1.30 bits per heavy atom. The first kappa shape index (κ1) is 15.0. The largest absolute Gasteiger partial charge is 0.506 e. The number of nitrogens with zero attached hydrogens (tertiary/aromatic N) is 1. The van der Waals surface area contributed by atoms with Crippen LogP contribution in [0, 0.1) is 6.92 Å². The maximum Gasteiger partial charge on any atom is 0.255 e. The number of phenolic OH excluding ortho intramolecular Hbond substituents is 1. The first-order valence-electron chi connectivity index (χ1n) is 6.79. The molecule has 0 saturated heterocycles. The van der Waals surface area contributed by atoms with Crippen molar-refractivity contribution in [2.75, 3.05) is 10.6 Å². The van der Waals surface area contributed by atoms with Gasteiger partial charge in [0.05, 0.1) is 15.9 Å².